The number of nitrogens with one attached hydrogen (secondary N) is 2. The second kappa shape index (κ2) is 8.01. The third-order valence-electron chi connectivity index (χ3n) is 2.96. The van der Waals surface area contributed by atoms with Crippen molar-refractivity contribution < 1.29 is 22.3 Å². The van der Waals surface area contributed by atoms with E-state index in [1.165, 1.54) is 49.4 Å². The fraction of sp³-hybridized carbons (Fsp3) is 0.133. The number of rotatable bonds is 6. The molecule has 0 fully saturated rings. The zero-order chi connectivity index (χ0) is 18.6. The molecule has 0 aliphatic carbocycles. The Balaban J connectivity index is 2.02. The van der Waals surface area contributed by atoms with Crippen LogP contribution in [0, 0.1) is 5.82 Å². The first-order valence-corrected chi connectivity index (χ1v) is 9.12. The molecule has 0 spiro atoms. The van der Waals surface area contributed by atoms with Gasteiger partial charge in [-0.2, -0.15) is 0 Å². The summed E-state index contributed by atoms with van der Waals surface area (Å²) in [4.78, 5) is 13.6. The summed E-state index contributed by atoms with van der Waals surface area (Å²) >= 11 is 11.5. The minimum Gasteiger partial charge on any atom is -0.478 e. The molecule has 6 nitrogen and oxygen atoms in total. The van der Waals surface area contributed by atoms with E-state index in [4.69, 9.17) is 27.9 Å². The Morgan fingerprint density at radius 3 is 2.36 bits per heavy atom. The number of sulfonamides is 1. The fourth-order valence-electron chi connectivity index (χ4n) is 1.75. The lowest BCUT2D eigenvalue weighted by atomic mass is 10.3. The molecule has 0 bridgehead atoms. The summed E-state index contributed by atoms with van der Waals surface area (Å²) < 4.78 is 42.9. The minimum atomic E-state index is -4.10. The van der Waals surface area contributed by atoms with Crippen molar-refractivity contribution in [3.05, 3.63) is 58.3 Å². The van der Waals surface area contributed by atoms with Gasteiger partial charge < -0.3 is 4.74 Å². The van der Waals surface area contributed by atoms with E-state index in [9.17, 15) is 17.6 Å². The highest BCUT2D eigenvalue weighted by Gasteiger charge is 2.20. The summed E-state index contributed by atoms with van der Waals surface area (Å²) in [6.07, 6.45) is -1.15. The molecule has 134 valence electrons. The summed E-state index contributed by atoms with van der Waals surface area (Å²) in [7, 11) is -4.10. The lowest BCUT2D eigenvalue weighted by Gasteiger charge is -2.15. The van der Waals surface area contributed by atoms with Crippen LogP contribution in [-0.2, 0) is 14.8 Å². The molecule has 0 aromatic heterocycles. The van der Waals surface area contributed by atoms with Gasteiger partial charge >= 0.3 is 0 Å². The second-order valence-electron chi connectivity index (χ2n) is 4.89. The van der Waals surface area contributed by atoms with E-state index in [0.29, 0.717) is 0 Å². The van der Waals surface area contributed by atoms with Crippen molar-refractivity contribution in [2.24, 2.45) is 0 Å². The van der Waals surface area contributed by atoms with Crippen LogP contribution in [0.15, 0.2) is 47.4 Å². The first kappa shape index (κ1) is 19.5. The smallest absolute Gasteiger partial charge is 0.275 e. The zero-order valence-corrected chi connectivity index (χ0v) is 15.1. The Morgan fingerprint density at radius 2 is 1.76 bits per heavy atom. The highest BCUT2D eigenvalue weighted by molar-refractivity contribution is 7.89. The largest absolute Gasteiger partial charge is 0.478 e. The molecular formula is C15H13Cl2FN2O4S. The summed E-state index contributed by atoms with van der Waals surface area (Å²) in [5, 5.41) is 0.242. The molecule has 0 aliphatic heterocycles. The normalized spacial score (nSPS) is 12.5. The van der Waals surface area contributed by atoms with E-state index in [1.54, 1.807) is 0 Å². The van der Waals surface area contributed by atoms with Crippen LogP contribution < -0.4 is 15.0 Å². The molecule has 1 atom stereocenters. The van der Waals surface area contributed by atoms with Crippen molar-refractivity contribution in [3.63, 3.8) is 0 Å². The van der Waals surface area contributed by atoms with Crippen LogP contribution >= 0.6 is 23.2 Å². The summed E-state index contributed by atoms with van der Waals surface area (Å²) in [6.45, 7) is 1.34. The number of hydrogen-bond acceptors (Lipinski definition) is 4. The van der Waals surface area contributed by atoms with Crippen LogP contribution in [0.2, 0.25) is 10.0 Å². The number of amides is 1. The molecule has 0 aliphatic rings. The summed E-state index contributed by atoms with van der Waals surface area (Å²) in [5.41, 5.74) is 1.99. The predicted octanol–water partition coefficient (Wildman–Crippen LogP) is 2.91. The van der Waals surface area contributed by atoms with Gasteiger partial charge in [-0.3, -0.25) is 10.2 Å². The van der Waals surface area contributed by atoms with Crippen molar-refractivity contribution >= 4 is 39.1 Å². The van der Waals surface area contributed by atoms with Gasteiger partial charge in [0, 0.05) is 10.0 Å². The number of hydrazine groups is 1. The molecule has 0 unspecified atom stereocenters. The van der Waals surface area contributed by atoms with E-state index < -0.39 is 27.9 Å². The van der Waals surface area contributed by atoms with Gasteiger partial charge in [-0.15, -0.1) is 4.83 Å². The standard InChI is InChI=1S/C15H13Cl2FN2O4S/c1-9(24-14-5-3-2-4-13(14)18)15(21)19-20-25(22,23)12-7-10(16)6-11(17)8-12/h2-9,20H,1H3,(H,19,21)/t9-/m0/s1. The third-order valence-corrected chi connectivity index (χ3v) is 4.63. The maximum atomic E-state index is 13.5. The van der Waals surface area contributed by atoms with Crippen molar-refractivity contribution in [3.8, 4) is 5.75 Å². The summed E-state index contributed by atoms with van der Waals surface area (Å²) in [5.74, 6) is -1.59. The minimum absolute atomic E-state index is 0.121. The van der Waals surface area contributed by atoms with Crippen LogP contribution in [0.4, 0.5) is 4.39 Å². The first-order chi connectivity index (χ1) is 11.7. The van der Waals surface area contributed by atoms with Crippen LogP contribution in [0.25, 0.3) is 0 Å². The highest BCUT2D eigenvalue weighted by Crippen LogP contribution is 2.22. The van der Waals surface area contributed by atoms with Crippen LogP contribution in [0.5, 0.6) is 5.75 Å². The Labute approximate surface area is 153 Å². The number of benzene rings is 2. The number of halogens is 3. The average Bonchev–Trinajstić information content (AvgIpc) is 2.54. The van der Waals surface area contributed by atoms with Gasteiger partial charge in [-0.1, -0.05) is 35.3 Å². The molecule has 0 saturated heterocycles. The molecule has 10 heteroatoms. The van der Waals surface area contributed by atoms with Crippen LogP contribution in [0.3, 0.4) is 0 Å². The number of carbonyl (C=O) groups is 1. The van der Waals surface area contributed by atoms with Crippen LogP contribution in [0.1, 0.15) is 6.92 Å². The third kappa shape index (κ3) is 5.30. The fourth-order valence-corrected chi connectivity index (χ4v) is 3.32. The molecule has 0 heterocycles. The lowest BCUT2D eigenvalue weighted by Crippen LogP contribution is -2.47. The quantitative estimate of drug-likeness (QED) is 0.722. The van der Waals surface area contributed by atoms with Crippen molar-refractivity contribution in [2.45, 2.75) is 17.9 Å². The Kier molecular flexibility index (Phi) is 6.23. The molecule has 1 amide bonds. The lowest BCUT2D eigenvalue weighted by molar-refractivity contribution is -0.127. The predicted molar refractivity (Wildman–Crippen MR) is 91.4 cm³/mol. The van der Waals surface area contributed by atoms with Gasteiger partial charge in [0.1, 0.15) is 0 Å². The highest BCUT2D eigenvalue weighted by atomic mass is 35.5. The monoisotopic (exact) mass is 406 g/mol. The van der Waals surface area contributed by atoms with Crippen molar-refractivity contribution in [2.75, 3.05) is 0 Å². The number of ether oxygens (including phenoxy) is 1. The Bertz CT molecular complexity index is 873. The van der Waals surface area contributed by atoms with Crippen LogP contribution in [-0.4, -0.2) is 20.4 Å². The molecule has 2 N–H and O–H groups in total. The number of para-hydroxylation sites is 1. The van der Waals surface area contributed by atoms with E-state index in [2.05, 4.69) is 0 Å². The zero-order valence-electron chi connectivity index (χ0n) is 12.8. The van der Waals surface area contributed by atoms with Crippen molar-refractivity contribution in [1.29, 1.82) is 0 Å². The maximum absolute atomic E-state index is 13.5. The number of hydrogen-bond donors (Lipinski definition) is 2. The van der Waals surface area contributed by atoms with Gasteiger partial charge in [0.15, 0.2) is 17.7 Å². The topological polar surface area (TPSA) is 84.5 Å². The molecule has 0 radical (unpaired) electrons. The van der Waals surface area contributed by atoms with E-state index >= 15 is 0 Å². The first-order valence-electron chi connectivity index (χ1n) is 6.88. The second-order valence-corrected chi connectivity index (χ2v) is 7.45. The molecule has 0 saturated carbocycles. The Morgan fingerprint density at radius 1 is 1.16 bits per heavy atom. The maximum Gasteiger partial charge on any atom is 0.275 e. The van der Waals surface area contributed by atoms with Crippen molar-refractivity contribution in [1.82, 2.24) is 10.3 Å². The molecule has 2 aromatic rings. The van der Waals surface area contributed by atoms with Gasteiger partial charge in [0.05, 0.1) is 4.90 Å². The van der Waals surface area contributed by atoms with E-state index in [1.807, 2.05) is 10.3 Å². The van der Waals surface area contributed by atoms with E-state index in [0.717, 1.165) is 0 Å². The molecule has 25 heavy (non-hydrogen) atoms. The van der Waals surface area contributed by atoms with Gasteiger partial charge in [0.2, 0.25) is 0 Å². The molecule has 2 aromatic carbocycles. The average molecular weight is 407 g/mol. The summed E-state index contributed by atoms with van der Waals surface area (Å²) in [6, 6.07) is 9.22. The molecule has 2 rings (SSSR count). The SMILES string of the molecule is C[C@H](Oc1ccccc1F)C(=O)NNS(=O)(=O)c1cc(Cl)cc(Cl)c1. The van der Waals surface area contributed by atoms with E-state index in [-0.39, 0.29) is 20.7 Å². The van der Waals surface area contributed by atoms with Gasteiger partial charge in [-0.25, -0.2) is 12.8 Å². The number of carbonyl (C=O) groups excluding carboxylic acids is 1. The Hall–Kier alpha value is -1.87. The molecular weight excluding hydrogens is 394 g/mol. The van der Waals surface area contributed by atoms with Gasteiger partial charge in [0.25, 0.3) is 15.9 Å². The van der Waals surface area contributed by atoms with Gasteiger partial charge in [-0.05, 0) is 37.3 Å².